The van der Waals surface area contributed by atoms with Gasteiger partial charge in [0.25, 0.3) is 0 Å². The second-order valence-electron chi connectivity index (χ2n) is 9.35. The quantitative estimate of drug-likeness (QED) is 0.416. The van der Waals surface area contributed by atoms with Gasteiger partial charge in [-0.15, -0.1) is 11.3 Å². The lowest BCUT2D eigenvalue weighted by molar-refractivity contribution is -0.133. The van der Waals surface area contributed by atoms with E-state index in [0.717, 1.165) is 29.5 Å². The maximum Gasteiger partial charge on any atom is 0.243 e. The third-order valence-electron chi connectivity index (χ3n) is 6.56. The van der Waals surface area contributed by atoms with Crippen LogP contribution in [0.2, 0.25) is 0 Å². The lowest BCUT2D eigenvalue weighted by Gasteiger charge is -2.37. The van der Waals surface area contributed by atoms with Crippen LogP contribution in [0, 0.1) is 6.92 Å². The van der Waals surface area contributed by atoms with E-state index in [1.54, 1.807) is 23.5 Å². The molecule has 2 amide bonds. The molecule has 0 saturated carbocycles. The predicted octanol–water partition coefficient (Wildman–Crippen LogP) is 4.98. The van der Waals surface area contributed by atoms with Crippen molar-refractivity contribution in [3.8, 4) is 0 Å². The van der Waals surface area contributed by atoms with Crippen molar-refractivity contribution in [2.45, 2.75) is 51.0 Å². The zero-order chi connectivity index (χ0) is 26.6. The Morgan fingerprint density at radius 3 is 2.43 bits per heavy atom. The van der Waals surface area contributed by atoms with Gasteiger partial charge in [0.1, 0.15) is 0 Å². The molecule has 0 fully saturated rings. The van der Waals surface area contributed by atoms with Crippen molar-refractivity contribution in [2.75, 3.05) is 25.0 Å². The van der Waals surface area contributed by atoms with Crippen LogP contribution in [0.5, 0.6) is 0 Å². The third-order valence-corrected chi connectivity index (χ3v) is 9.42. The maximum atomic E-state index is 13.8. The summed E-state index contributed by atoms with van der Waals surface area (Å²) in [7, 11) is -3.91. The van der Waals surface area contributed by atoms with Crippen LogP contribution in [-0.4, -0.2) is 49.1 Å². The molecule has 1 N–H and O–H groups in total. The molecule has 1 aliphatic heterocycles. The summed E-state index contributed by atoms with van der Waals surface area (Å²) in [5, 5.41) is 4.70. The number of benzene rings is 2. The summed E-state index contributed by atoms with van der Waals surface area (Å²) >= 11 is 1.70. The Hall–Kier alpha value is -3.01. The van der Waals surface area contributed by atoms with Crippen LogP contribution in [0.15, 0.2) is 64.9 Å². The van der Waals surface area contributed by atoms with E-state index in [4.69, 9.17) is 0 Å². The first-order chi connectivity index (χ1) is 17.7. The van der Waals surface area contributed by atoms with E-state index in [2.05, 4.69) is 28.9 Å². The van der Waals surface area contributed by atoms with Gasteiger partial charge in [0.2, 0.25) is 21.8 Å². The number of amides is 2. The summed E-state index contributed by atoms with van der Waals surface area (Å²) < 4.78 is 28.5. The minimum Gasteiger partial charge on any atom is -0.330 e. The smallest absolute Gasteiger partial charge is 0.243 e. The number of thiophene rings is 1. The topological polar surface area (TPSA) is 86.8 Å². The Balaban J connectivity index is 1.62. The van der Waals surface area contributed by atoms with Crippen molar-refractivity contribution >= 4 is 38.9 Å². The third kappa shape index (κ3) is 6.11. The highest BCUT2D eigenvalue weighted by molar-refractivity contribution is 7.89. The summed E-state index contributed by atoms with van der Waals surface area (Å²) in [6.45, 7) is 5.99. The van der Waals surface area contributed by atoms with Crippen molar-refractivity contribution in [1.82, 2.24) is 9.21 Å². The molecule has 1 unspecified atom stereocenters. The van der Waals surface area contributed by atoms with Crippen LogP contribution in [0.1, 0.15) is 54.3 Å². The standard InChI is InChI=1S/C28H33N3O4S2/c1-4-5-16-30(37(34,35)24-12-10-23(11-13-24)29-21(3)32)19-27(33)31-17-14-26-25(15-18-36-26)28(31)22-8-6-20(2)7-9-22/h6-13,15,18,28H,4-5,14,16-17,19H2,1-3H3,(H,29,32). The van der Waals surface area contributed by atoms with Crippen molar-refractivity contribution in [3.05, 3.63) is 81.5 Å². The van der Waals surface area contributed by atoms with Gasteiger partial charge in [-0.25, -0.2) is 8.42 Å². The minimum atomic E-state index is -3.91. The summed E-state index contributed by atoms with van der Waals surface area (Å²) in [6.07, 6.45) is 2.20. The highest BCUT2D eigenvalue weighted by Crippen LogP contribution is 2.38. The normalized spacial score (nSPS) is 15.5. The number of hydrogen-bond donors (Lipinski definition) is 1. The molecule has 0 spiro atoms. The summed E-state index contributed by atoms with van der Waals surface area (Å²) in [6, 6.07) is 16.1. The van der Waals surface area contributed by atoms with Gasteiger partial charge < -0.3 is 10.2 Å². The highest BCUT2D eigenvalue weighted by Gasteiger charge is 2.35. The molecule has 2 heterocycles. The Morgan fingerprint density at radius 1 is 1.08 bits per heavy atom. The van der Waals surface area contributed by atoms with Gasteiger partial charge in [-0.1, -0.05) is 43.2 Å². The molecule has 9 heteroatoms. The van der Waals surface area contributed by atoms with Crippen LogP contribution in [0.4, 0.5) is 5.69 Å². The van der Waals surface area contributed by atoms with E-state index in [-0.39, 0.29) is 35.8 Å². The second kappa shape index (κ2) is 11.6. The lowest BCUT2D eigenvalue weighted by Crippen LogP contribution is -2.47. The van der Waals surface area contributed by atoms with Gasteiger partial charge in [-0.2, -0.15) is 4.31 Å². The van der Waals surface area contributed by atoms with Crippen LogP contribution in [0.3, 0.4) is 0 Å². The average molecular weight is 540 g/mol. The number of fused-ring (bicyclic) bond motifs is 1. The van der Waals surface area contributed by atoms with E-state index in [9.17, 15) is 18.0 Å². The van der Waals surface area contributed by atoms with E-state index < -0.39 is 10.0 Å². The second-order valence-corrected chi connectivity index (χ2v) is 12.3. The molecule has 2 aromatic carbocycles. The van der Waals surface area contributed by atoms with E-state index in [1.807, 2.05) is 30.9 Å². The molecule has 4 rings (SSSR count). The van der Waals surface area contributed by atoms with Crippen molar-refractivity contribution < 1.29 is 18.0 Å². The molecule has 1 atom stereocenters. The zero-order valence-corrected chi connectivity index (χ0v) is 23.1. The monoisotopic (exact) mass is 539 g/mol. The number of carbonyl (C=O) groups excluding carboxylic acids is 2. The molecule has 0 bridgehead atoms. The number of nitrogens with one attached hydrogen (secondary N) is 1. The van der Waals surface area contributed by atoms with Crippen molar-refractivity contribution in [2.24, 2.45) is 0 Å². The largest absolute Gasteiger partial charge is 0.330 e. The molecular formula is C28H33N3O4S2. The highest BCUT2D eigenvalue weighted by atomic mass is 32.2. The Morgan fingerprint density at radius 2 is 1.78 bits per heavy atom. The average Bonchev–Trinajstić information content (AvgIpc) is 3.35. The van der Waals surface area contributed by atoms with E-state index in [1.165, 1.54) is 28.2 Å². The van der Waals surface area contributed by atoms with Crippen LogP contribution in [0.25, 0.3) is 0 Å². The molecular weight excluding hydrogens is 506 g/mol. The number of hydrogen-bond acceptors (Lipinski definition) is 5. The first-order valence-electron chi connectivity index (χ1n) is 12.5. The fraction of sp³-hybridized carbons (Fsp3) is 0.357. The molecule has 196 valence electrons. The number of carbonyl (C=O) groups is 2. The molecule has 1 aliphatic rings. The number of sulfonamides is 1. The number of aryl methyl sites for hydroxylation is 1. The Kier molecular flexibility index (Phi) is 8.46. The molecule has 37 heavy (non-hydrogen) atoms. The fourth-order valence-corrected chi connectivity index (χ4v) is 6.95. The minimum absolute atomic E-state index is 0.0966. The van der Waals surface area contributed by atoms with Gasteiger partial charge in [0, 0.05) is 30.6 Å². The van der Waals surface area contributed by atoms with Crippen LogP contribution in [-0.2, 0) is 26.0 Å². The van der Waals surface area contributed by atoms with Crippen LogP contribution >= 0.6 is 11.3 Å². The Bertz CT molecular complexity index is 1350. The van der Waals surface area contributed by atoms with Gasteiger partial charge >= 0.3 is 0 Å². The predicted molar refractivity (Wildman–Crippen MR) is 147 cm³/mol. The van der Waals surface area contributed by atoms with Gasteiger partial charge in [0.05, 0.1) is 17.5 Å². The Labute approximate surface area is 223 Å². The van der Waals surface area contributed by atoms with Crippen molar-refractivity contribution in [3.63, 3.8) is 0 Å². The van der Waals surface area contributed by atoms with Gasteiger partial charge in [-0.05, 0) is 66.6 Å². The number of rotatable bonds is 9. The van der Waals surface area contributed by atoms with Gasteiger partial charge in [-0.3, -0.25) is 9.59 Å². The summed E-state index contributed by atoms with van der Waals surface area (Å²) in [5.41, 5.74) is 3.80. The van der Waals surface area contributed by atoms with Gasteiger partial charge in [0.15, 0.2) is 0 Å². The van der Waals surface area contributed by atoms with Crippen LogP contribution < -0.4 is 5.32 Å². The first kappa shape index (κ1) is 27.0. The number of unbranched alkanes of at least 4 members (excludes halogenated alkanes) is 1. The summed E-state index contributed by atoms with van der Waals surface area (Å²) in [5.74, 6) is -0.443. The number of anilines is 1. The molecule has 0 aliphatic carbocycles. The van der Waals surface area contributed by atoms with Crippen molar-refractivity contribution in [1.29, 1.82) is 0 Å². The maximum absolute atomic E-state index is 13.8. The molecule has 0 radical (unpaired) electrons. The fourth-order valence-electron chi connectivity index (χ4n) is 4.62. The van der Waals surface area contributed by atoms with E-state index >= 15 is 0 Å². The SMILES string of the molecule is CCCCN(CC(=O)N1CCc2sccc2C1c1ccc(C)cc1)S(=O)(=O)c1ccc(NC(C)=O)cc1. The zero-order valence-electron chi connectivity index (χ0n) is 21.4. The lowest BCUT2D eigenvalue weighted by atomic mass is 9.92. The first-order valence-corrected chi connectivity index (χ1v) is 14.8. The molecule has 7 nitrogen and oxygen atoms in total. The summed E-state index contributed by atoms with van der Waals surface area (Å²) in [4.78, 5) is 28.3. The molecule has 1 aromatic heterocycles. The molecule has 3 aromatic rings. The van der Waals surface area contributed by atoms with E-state index in [0.29, 0.717) is 18.7 Å². The number of nitrogens with zero attached hydrogens (tertiary/aromatic N) is 2. The molecule has 0 saturated heterocycles.